The van der Waals surface area contributed by atoms with E-state index in [1.165, 1.54) is 38.5 Å². The number of imidazole rings is 1. The Bertz CT molecular complexity index is 809. The Hall–Kier alpha value is -2.44. The fourth-order valence-electron chi connectivity index (χ4n) is 3.90. The minimum atomic E-state index is -0.274. The predicted octanol–water partition coefficient (Wildman–Crippen LogP) is 4.27. The summed E-state index contributed by atoms with van der Waals surface area (Å²) in [6.07, 6.45) is 10.1. The first-order chi connectivity index (χ1) is 13.6. The van der Waals surface area contributed by atoms with Crippen LogP contribution in [0, 0.1) is 17.7 Å². The molecule has 0 saturated heterocycles. The molecule has 1 fully saturated rings. The summed E-state index contributed by atoms with van der Waals surface area (Å²) in [7, 11) is 0. The van der Waals surface area contributed by atoms with Crippen molar-refractivity contribution in [3.63, 3.8) is 0 Å². The van der Waals surface area contributed by atoms with Crippen molar-refractivity contribution >= 4 is 11.6 Å². The molecular formula is C21H30N4O3. The van der Waals surface area contributed by atoms with Gasteiger partial charge in [0, 0.05) is 6.20 Å². The van der Waals surface area contributed by atoms with E-state index < -0.39 is 0 Å². The zero-order valence-electron chi connectivity index (χ0n) is 16.8. The van der Waals surface area contributed by atoms with Crippen LogP contribution in [0.4, 0.5) is 0 Å². The molecule has 1 aliphatic carbocycles. The summed E-state index contributed by atoms with van der Waals surface area (Å²) in [4.78, 5) is 27.9. The van der Waals surface area contributed by atoms with Crippen LogP contribution in [-0.4, -0.2) is 34.5 Å². The second-order valence-corrected chi connectivity index (χ2v) is 7.67. The normalized spacial score (nSPS) is 16.5. The number of nitroso groups, excluding NO2 is 1. The smallest absolute Gasteiger partial charge is 0.270 e. The quantitative estimate of drug-likeness (QED) is 0.542. The number of carbonyl (C=O) groups excluding carboxylic acids is 1. The van der Waals surface area contributed by atoms with Gasteiger partial charge in [0.05, 0.1) is 18.3 Å². The minimum absolute atomic E-state index is 0.0633. The molecule has 28 heavy (non-hydrogen) atoms. The number of carbonyl (C=O) groups is 1. The zero-order chi connectivity index (χ0) is 19.9. The molecule has 2 aromatic rings. The molecule has 2 heterocycles. The first kappa shape index (κ1) is 20.3. The lowest BCUT2D eigenvalue weighted by molar-refractivity contribution is 0.0930. The predicted molar refractivity (Wildman–Crippen MR) is 109 cm³/mol. The van der Waals surface area contributed by atoms with E-state index >= 15 is 0 Å². The molecular weight excluding hydrogens is 356 g/mol. The van der Waals surface area contributed by atoms with Gasteiger partial charge in [-0.05, 0) is 44.2 Å². The van der Waals surface area contributed by atoms with Crippen LogP contribution in [0.2, 0.25) is 0 Å². The summed E-state index contributed by atoms with van der Waals surface area (Å²) in [6, 6.07) is 3.51. The van der Waals surface area contributed by atoms with E-state index in [1.807, 2.05) is 32.2 Å². The fraction of sp³-hybridized carbons (Fsp3) is 0.619. The van der Waals surface area contributed by atoms with Gasteiger partial charge in [0.15, 0.2) is 11.4 Å². The number of pyridine rings is 1. The molecule has 7 heteroatoms. The summed E-state index contributed by atoms with van der Waals surface area (Å²) in [5.74, 6) is 1.04. The molecule has 1 aliphatic rings. The molecule has 1 saturated carbocycles. The van der Waals surface area contributed by atoms with Crippen LogP contribution in [0.25, 0.3) is 5.65 Å². The van der Waals surface area contributed by atoms with Crippen molar-refractivity contribution in [3.05, 3.63) is 34.6 Å². The fourth-order valence-corrected chi connectivity index (χ4v) is 3.90. The van der Waals surface area contributed by atoms with Crippen molar-refractivity contribution < 1.29 is 9.53 Å². The van der Waals surface area contributed by atoms with Gasteiger partial charge in [-0.1, -0.05) is 37.8 Å². The topological polar surface area (TPSA) is 85.1 Å². The highest BCUT2D eigenvalue weighted by molar-refractivity contribution is 5.95. The second kappa shape index (κ2) is 9.66. The summed E-state index contributed by atoms with van der Waals surface area (Å²) < 4.78 is 7.90. The molecule has 152 valence electrons. The van der Waals surface area contributed by atoms with E-state index in [1.54, 1.807) is 4.40 Å². The highest BCUT2D eigenvalue weighted by Crippen LogP contribution is 2.26. The first-order valence-corrected chi connectivity index (χ1v) is 10.3. The maximum absolute atomic E-state index is 12.8. The van der Waals surface area contributed by atoms with Crippen LogP contribution < -0.4 is 10.1 Å². The number of rotatable bonds is 8. The van der Waals surface area contributed by atoms with Crippen molar-refractivity contribution in [2.24, 2.45) is 11.1 Å². The Morgan fingerprint density at radius 2 is 2.11 bits per heavy atom. The molecule has 7 nitrogen and oxygen atoms in total. The largest absolute Gasteiger partial charge is 0.489 e. The van der Waals surface area contributed by atoms with Gasteiger partial charge in [-0.2, -0.15) is 4.91 Å². The molecule has 0 aliphatic heterocycles. The number of fused-ring (bicyclic) bond motifs is 1. The zero-order valence-corrected chi connectivity index (χ0v) is 16.8. The third kappa shape index (κ3) is 4.69. The van der Waals surface area contributed by atoms with E-state index in [4.69, 9.17) is 4.74 Å². The van der Waals surface area contributed by atoms with Crippen molar-refractivity contribution in [1.29, 1.82) is 0 Å². The van der Waals surface area contributed by atoms with Gasteiger partial charge in [-0.15, -0.1) is 0 Å². The standard InChI is InChI=1S/C21H30N4O3/c1-3-17(13-22-27)24-21(26)19-15(2)23-20-18(11-8-12-25(19)20)28-14-16-9-6-4-5-7-10-16/h8,11-12,16-17H,3-7,9-10,13-14H2,1-2H3,(H,24,26). The van der Waals surface area contributed by atoms with Crippen LogP contribution >= 0.6 is 0 Å². The summed E-state index contributed by atoms with van der Waals surface area (Å²) >= 11 is 0. The van der Waals surface area contributed by atoms with Crippen LogP contribution in [0.15, 0.2) is 23.5 Å². The molecule has 0 spiro atoms. The van der Waals surface area contributed by atoms with Gasteiger partial charge in [0.25, 0.3) is 5.91 Å². The number of nitrogens with zero attached hydrogens (tertiary/aromatic N) is 3. The van der Waals surface area contributed by atoms with Crippen LogP contribution in [0.1, 0.15) is 68.1 Å². The SMILES string of the molecule is CCC(CN=O)NC(=O)c1c(C)nc2c(OCC3CCCCCC3)cccn12. The maximum Gasteiger partial charge on any atom is 0.270 e. The van der Waals surface area contributed by atoms with Crippen LogP contribution in [0.3, 0.4) is 0 Å². The van der Waals surface area contributed by atoms with E-state index in [9.17, 15) is 9.70 Å². The highest BCUT2D eigenvalue weighted by atomic mass is 16.5. The van der Waals surface area contributed by atoms with Crippen LogP contribution in [0.5, 0.6) is 5.75 Å². The van der Waals surface area contributed by atoms with Crippen molar-refractivity contribution in [3.8, 4) is 5.75 Å². The van der Waals surface area contributed by atoms with Gasteiger partial charge in [0.2, 0.25) is 0 Å². The Balaban J connectivity index is 1.78. The van der Waals surface area contributed by atoms with Gasteiger partial charge in [-0.3, -0.25) is 9.20 Å². The molecule has 3 rings (SSSR count). The van der Waals surface area contributed by atoms with Gasteiger partial charge >= 0.3 is 0 Å². The number of aryl methyl sites for hydroxylation is 1. The molecule has 1 atom stereocenters. The van der Waals surface area contributed by atoms with E-state index in [0.717, 1.165) is 0 Å². The Labute approximate surface area is 165 Å². The molecule has 0 bridgehead atoms. The number of ether oxygens (including phenoxy) is 1. The highest BCUT2D eigenvalue weighted by Gasteiger charge is 2.21. The van der Waals surface area contributed by atoms with E-state index in [0.29, 0.717) is 41.7 Å². The Morgan fingerprint density at radius 1 is 1.36 bits per heavy atom. The Morgan fingerprint density at radius 3 is 2.79 bits per heavy atom. The van der Waals surface area contributed by atoms with Gasteiger partial charge < -0.3 is 10.1 Å². The molecule has 0 radical (unpaired) electrons. The maximum atomic E-state index is 12.8. The van der Waals surface area contributed by atoms with E-state index in [2.05, 4.69) is 15.5 Å². The number of hydrogen-bond acceptors (Lipinski definition) is 5. The number of nitrogens with one attached hydrogen (secondary N) is 1. The molecule has 0 aromatic carbocycles. The molecule has 2 aromatic heterocycles. The lowest BCUT2D eigenvalue weighted by Gasteiger charge is -2.16. The second-order valence-electron chi connectivity index (χ2n) is 7.67. The van der Waals surface area contributed by atoms with Crippen molar-refractivity contribution in [2.45, 2.75) is 64.8 Å². The van der Waals surface area contributed by atoms with Crippen LogP contribution in [-0.2, 0) is 0 Å². The Kier molecular flexibility index (Phi) is 7.01. The van der Waals surface area contributed by atoms with Gasteiger partial charge in [0.1, 0.15) is 12.2 Å². The van der Waals surface area contributed by atoms with E-state index in [-0.39, 0.29) is 18.5 Å². The average molecular weight is 386 g/mol. The van der Waals surface area contributed by atoms with Gasteiger partial charge in [-0.25, -0.2) is 4.98 Å². The number of hydrogen-bond donors (Lipinski definition) is 1. The molecule has 1 amide bonds. The third-order valence-electron chi connectivity index (χ3n) is 5.58. The summed E-state index contributed by atoms with van der Waals surface area (Å²) in [5.41, 5.74) is 1.76. The monoisotopic (exact) mass is 386 g/mol. The van der Waals surface area contributed by atoms with Crippen molar-refractivity contribution in [2.75, 3.05) is 13.2 Å². The van der Waals surface area contributed by atoms with Crippen molar-refractivity contribution in [1.82, 2.24) is 14.7 Å². The third-order valence-corrected chi connectivity index (χ3v) is 5.58. The average Bonchev–Trinajstić information content (AvgIpc) is 2.85. The first-order valence-electron chi connectivity index (χ1n) is 10.3. The number of aromatic nitrogens is 2. The molecule has 1 N–H and O–H groups in total. The lowest BCUT2D eigenvalue weighted by Crippen LogP contribution is -2.37. The lowest BCUT2D eigenvalue weighted by atomic mass is 10.0. The minimum Gasteiger partial charge on any atom is -0.489 e. The molecule has 1 unspecified atom stereocenters. The number of amides is 1. The summed E-state index contributed by atoms with van der Waals surface area (Å²) in [5, 5.41) is 5.79. The summed E-state index contributed by atoms with van der Waals surface area (Å²) in [6.45, 7) is 4.48.